The maximum Gasteiger partial charge on any atom is 0.307 e. The third-order valence-electron chi connectivity index (χ3n) is 2.89. The summed E-state index contributed by atoms with van der Waals surface area (Å²) >= 11 is 2.15. The molecule has 0 saturated heterocycles. The summed E-state index contributed by atoms with van der Waals surface area (Å²) in [4.78, 5) is 25.2. The molecule has 5 nitrogen and oxygen atoms in total. The van der Waals surface area contributed by atoms with Crippen LogP contribution in [0.4, 0.5) is 0 Å². The van der Waals surface area contributed by atoms with Crippen LogP contribution in [0.2, 0.25) is 0 Å². The average molecular weight is 375 g/mol. The summed E-state index contributed by atoms with van der Waals surface area (Å²) in [6.45, 7) is 1.25. The zero-order valence-corrected chi connectivity index (χ0v) is 12.7. The molecular weight excluding hydrogens is 361 g/mol. The molecule has 1 aromatic rings. The fraction of sp³-hybridized carbons (Fsp3) is 0.385. The molecule has 0 unspecified atom stereocenters. The molecule has 0 spiro atoms. The number of carbonyl (C=O) groups is 2. The van der Waals surface area contributed by atoms with Crippen molar-refractivity contribution in [3.05, 3.63) is 27.3 Å². The van der Waals surface area contributed by atoms with E-state index in [1.807, 2.05) is 6.07 Å². The second-order valence-corrected chi connectivity index (χ2v) is 5.35. The van der Waals surface area contributed by atoms with Crippen molar-refractivity contribution in [3.8, 4) is 5.75 Å². The van der Waals surface area contributed by atoms with Crippen LogP contribution in [0.15, 0.2) is 18.2 Å². The van der Waals surface area contributed by atoms with Crippen LogP contribution < -0.4 is 4.74 Å². The summed E-state index contributed by atoms with van der Waals surface area (Å²) in [5.74, 6) is 0.182. The fourth-order valence-corrected chi connectivity index (χ4v) is 2.37. The van der Waals surface area contributed by atoms with Gasteiger partial charge in [0, 0.05) is 10.1 Å². The van der Waals surface area contributed by atoms with Crippen LogP contribution in [0, 0.1) is 3.57 Å². The monoisotopic (exact) mass is 375 g/mol. The number of halogens is 1. The maximum atomic E-state index is 12.4. The first-order valence-corrected chi connectivity index (χ1v) is 6.98. The van der Waals surface area contributed by atoms with Gasteiger partial charge >= 0.3 is 5.97 Å². The van der Waals surface area contributed by atoms with Crippen molar-refractivity contribution in [2.75, 3.05) is 26.8 Å². The van der Waals surface area contributed by atoms with Crippen LogP contribution in [0.5, 0.6) is 5.75 Å². The molecule has 1 heterocycles. The molecule has 0 saturated carbocycles. The SMILES string of the molecule is COC(=O)CCN1CCOc2ccc(I)cc2C1=O. The Morgan fingerprint density at radius 3 is 3.05 bits per heavy atom. The number of hydrogen-bond donors (Lipinski definition) is 0. The molecule has 1 aromatic carbocycles. The molecule has 0 aromatic heterocycles. The summed E-state index contributed by atoms with van der Waals surface area (Å²) in [7, 11) is 1.34. The summed E-state index contributed by atoms with van der Waals surface area (Å²) in [5, 5.41) is 0. The second kappa shape index (κ2) is 6.23. The highest BCUT2D eigenvalue weighted by Gasteiger charge is 2.24. The molecule has 19 heavy (non-hydrogen) atoms. The van der Waals surface area contributed by atoms with E-state index in [1.54, 1.807) is 17.0 Å². The standard InChI is InChI=1S/C13H14INO4/c1-18-12(16)4-5-15-6-7-19-11-3-2-9(14)8-10(11)13(15)17/h2-3,8H,4-7H2,1H3. The van der Waals surface area contributed by atoms with Crippen molar-refractivity contribution < 1.29 is 19.1 Å². The Balaban J connectivity index is 2.16. The third-order valence-corrected chi connectivity index (χ3v) is 3.56. The molecule has 0 bridgehead atoms. The quantitative estimate of drug-likeness (QED) is 0.596. The summed E-state index contributed by atoms with van der Waals surface area (Å²) in [6, 6.07) is 5.50. The van der Waals surface area contributed by atoms with E-state index in [9.17, 15) is 9.59 Å². The van der Waals surface area contributed by atoms with Crippen LogP contribution in [0.3, 0.4) is 0 Å². The van der Waals surface area contributed by atoms with Crippen molar-refractivity contribution >= 4 is 34.5 Å². The molecule has 0 aliphatic carbocycles. The number of benzene rings is 1. The third kappa shape index (κ3) is 3.37. The van der Waals surface area contributed by atoms with Crippen molar-refractivity contribution in [1.29, 1.82) is 0 Å². The van der Waals surface area contributed by atoms with Crippen molar-refractivity contribution in [2.24, 2.45) is 0 Å². The van der Waals surface area contributed by atoms with Gasteiger partial charge in [-0.05, 0) is 40.8 Å². The zero-order valence-electron chi connectivity index (χ0n) is 10.5. The number of amides is 1. The van der Waals surface area contributed by atoms with E-state index in [4.69, 9.17) is 4.74 Å². The van der Waals surface area contributed by atoms with Gasteiger partial charge in [-0.25, -0.2) is 0 Å². The van der Waals surface area contributed by atoms with Crippen LogP contribution >= 0.6 is 22.6 Å². The maximum absolute atomic E-state index is 12.4. The van der Waals surface area contributed by atoms with Crippen molar-refractivity contribution in [3.63, 3.8) is 0 Å². The number of ether oxygens (including phenoxy) is 2. The molecule has 0 atom stereocenters. The molecule has 0 radical (unpaired) electrons. The normalized spacial score (nSPS) is 14.4. The van der Waals surface area contributed by atoms with Gasteiger partial charge in [-0.15, -0.1) is 0 Å². The Morgan fingerprint density at radius 2 is 2.32 bits per heavy atom. The molecular formula is C13H14INO4. The molecule has 1 aliphatic heterocycles. The number of fused-ring (bicyclic) bond motifs is 1. The number of nitrogens with zero attached hydrogens (tertiary/aromatic N) is 1. The lowest BCUT2D eigenvalue weighted by Crippen LogP contribution is -2.34. The Hall–Kier alpha value is -1.31. The minimum absolute atomic E-state index is 0.102. The predicted octanol–water partition coefficient (Wildman–Crippen LogP) is 1.69. The number of hydrogen-bond acceptors (Lipinski definition) is 4. The van der Waals surface area contributed by atoms with Gasteiger partial charge in [-0.1, -0.05) is 0 Å². The molecule has 1 aliphatic rings. The average Bonchev–Trinajstić information content (AvgIpc) is 2.56. The molecule has 0 N–H and O–H groups in total. The first-order valence-electron chi connectivity index (χ1n) is 5.90. The minimum Gasteiger partial charge on any atom is -0.491 e. The number of carbonyl (C=O) groups excluding carboxylic acids is 2. The largest absolute Gasteiger partial charge is 0.491 e. The number of methoxy groups -OCH3 is 1. The van der Waals surface area contributed by atoms with E-state index < -0.39 is 0 Å². The van der Waals surface area contributed by atoms with E-state index in [1.165, 1.54) is 7.11 Å². The van der Waals surface area contributed by atoms with Gasteiger partial charge in [-0.3, -0.25) is 9.59 Å². The van der Waals surface area contributed by atoms with Crippen LogP contribution in [-0.4, -0.2) is 43.6 Å². The van der Waals surface area contributed by atoms with Gasteiger partial charge in [0.2, 0.25) is 0 Å². The molecule has 2 rings (SSSR count). The van der Waals surface area contributed by atoms with E-state index in [-0.39, 0.29) is 18.3 Å². The van der Waals surface area contributed by atoms with E-state index in [0.717, 1.165) is 3.57 Å². The lowest BCUT2D eigenvalue weighted by Gasteiger charge is -2.19. The Labute approximate surface area is 125 Å². The van der Waals surface area contributed by atoms with Gasteiger partial charge in [0.05, 0.1) is 25.6 Å². The topological polar surface area (TPSA) is 55.8 Å². The Kier molecular flexibility index (Phi) is 4.62. The van der Waals surface area contributed by atoms with E-state index in [2.05, 4.69) is 27.3 Å². The van der Waals surface area contributed by atoms with Crippen LogP contribution in [0.1, 0.15) is 16.8 Å². The number of rotatable bonds is 3. The van der Waals surface area contributed by atoms with Crippen molar-refractivity contribution in [2.45, 2.75) is 6.42 Å². The Morgan fingerprint density at radius 1 is 1.53 bits per heavy atom. The lowest BCUT2D eigenvalue weighted by atomic mass is 10.1. The molecule has 0 fully saturated rings. The smallest absolute Gasteiger partial charge is 0.307 e. The molecule has 1 amide bonds. The van der Waals surface area contributed by atoms with Crippen LogP contribution in [0.25, 0.3) is 0 Å². The highest BCUT2D eigenvalue weighted by atomic mass is 127. The summed E-state index contributed by atoms with van der Waals surface area (Å²) in [5.41, 5.74) is 0.550. The van der Waals surface area contributed by atoms with Gasteiger partial charge in [0.15, 0.2) is 0 Å². The summed E-state index contributed by atoms with van der Waals surface area (Å²) in [6.07, 6.45) is 0.196. The lowest BCUT2D eigenvalue weighted by molar-refractivity contribution is -0.140. The first kappa shape index (κ1) is 14.1. The highest BCUT2D eigenvalue weighted by molar-refractivity contribution is 14.1. The summed E-state index contributed by atoms with van der Waals surface area (Å²) < 4.78 is 11.1. The predicted molar refractivity (Wildman–Crippen MR) is 77.2 cm³/mol. The van der Waals surface area contributed by atoms with E-state index >= 15 is 0 Å². The van der Waals surface area contributed by atoms with Gasteiger partial charge < -0.3 is 14.4 Å². The zero-order chi connectivity index (χ0) is 13.8. The van der Waals surface area contributed by atoms with Gasteiger partial charge in [0.1, 0.15) is 12.4 Å². The van der Waals surface area contributed by atoms with Gasteiger partial charge in [-0.2, -0.15) is 0 Å². The molecule has 6 heteroatoms. The molecule has 102 valence electrons. The number of esters is 1. The van der Waals surface area contributed by atoms with Crippen molar-refractivity contribution in [1.82, 2.24) is 4.90 Å². The minimum atomic E-state index is -0.319. The Bertz CT molecular complexity index is 503. The first-order chi connectivity index (χ1) is 9.11. The second-order valence-electron chi connectivity index (χ2n) is 4.11. The van der Waals surface area contributed by atoms with Crippen LogP contribution in [-0.2, 0) is 9.53 Å². The fourth-order valence-electron chi connectivity index (χ4n) is 1.87. The van der Waals surface area contributed by atoms with E-state index in [0.29, 0.717) is 31.0 Å². The van der Waals surface area contributed by atoms with Gasteiger partial charge in [0.25, 0.3) is 5.91 Å². The highest BCUT2D eigenvalue weighted by Crippen LogP contribution is 2.25.